The molecule has 0 aliphatic carbocycles. The number of amides is 1. The van der Waals surface area contributed by atoms with Crippen molar-refractivity contribution in [2.45, 2.75) is 32.7 Å². The van der Waals surface area contributed by atoms with Crippen LogP contribution in [0.2, 0.25) is 0 Å². The molecular formula is C27H29N3O3S. The van der Waals surface area contributed by atoms with Crippen LogP contribution in [0.1, 0.15) is 47.4 Å². The lowest BCUT2D eigenvalue weighted by Gasteiger charge is -2.32. The van der Waals surface area contributed by atoms with Crippen molar-refractivity contribution in [1.29, 1.82) is 0 Å². The maximum atomic E-state index is 13.8. The standard InChI is InChI=1S/C27H29N3O3S/c1-4-19-12-14-20(15-13-19)30-25(28-22-10-7-6-9-21(22)26(30)31)23(5-2)29(16-17-33-3)27(32)24-11-8-18-34-24/h6-15,18,23H,4-5,16-17H2,1-3H3. The third-order valence-electron chi connectivity index (χ3n) is 5.99. The number of methoxy groups -OCH3 is 1. The molecule has 0 saturated carbocycles. The van der Waals surface area contributed by atoms with Crippen LogP contribution in [-0.2, 0) is 11.2 Å². The van der Waals surface area contributed by atoms with Crippen molar-refractivity contribution in [2.75, 3.05) is 20.3 Å². The molecule has 0 spiro atoms. The topological polar surface area (TPSA) is 64.4 Å². The van der Waals surface area contributed by atoms with Crippen LogP contribution >= 0.6 is 11.3 Å². The zero-order chi connectivity index (χ0) is 24.1. The van der Waals surface area contributed by atoms with E-state index in [2.05, 4.69) is 6.92 Å². The molecule has 6 nitrogen and oxygen atoms in total. The van der Waals surface area contributed by atoms with E-state index in [1.165, 1.54) is 16.9 Å². The minimum absolute atomic E-state index is 0.0887. The van der Waals surface area contributed by atoms with Gasteiger partial charge in [0, 0.05) is 13.7 Å². The van der Waals surface area contributed by atoms with Gasteiger partial charge in [0.1, 0.15) is 5.82 Å². The Labute approximate surface area is 203 Å². The first-order valence-corrected chi connectivity index (χ1v) is 12.4. The average Bonchev–Trinajstić information content (AvgIpc) is 3.41. The van der Waals surface area contributed by atoms with Crippen molar-refractivity contribution in [3.8, 4) is 5.69 Å². The molecule has 34 heavy (non-hydrogen) atoms. The third kappa shape index (κ3) is 4.67. The van der Waals surface area contributed by atoms with E-state index in [9.17, 15) is 9.59 Å². The van der Waals surface area contributed by atoms with Gasteiger partial charge in [-0.2, -0.15) is 0 Å². The molecule has 0 saturated heterocycles. The van der Waals surface area contributed by atoms with Crippen molar-refractivity contribution < 1.29 is 9.53 Å². The van der Waals surface area contributed by atoms with Crippen LogP contribution in [0.3, 0.4) is 0 Å². The molecule has 4 aromatic rings. The molecule has 0 radical (unpaired) electrons. The van der Waals surface area contributed by atoms with Crippen molar-refractivity contribution >= 4 is 28.1 Å². The lowest BCUT2D eigenvalue weighted by atomic mass is 10.1. The van der Waals surface area contributed by atoms with E-state index in [-0.39, 0.29) is 11.5 Å². The molecule has 0 aliphatic rings. The van der Waals surface area contributed by atoms with E-state index in [1.807, 2.05) is 66.9 Å². The number of carbonyl (C=O) groups excluding carboxylic acids is 1. The van der Waals surface area contributed by atoms with Gasteiger partial charge in [-0.25, -0.2) is 4.98 Å². The SMILES string of the molecule is CCc1ccc(-n2c(C(CC)N(CCOC)C(=O)c3cccs3)nc3ccccc3c2=O)cc1. The average molecular weight is 476 g/mol. The van der Waals surface area contributed by atoms with Gasteiger partial charge in [0.15, 0.2) is 0 Å². The lowest BCUT2D eigenvalue weighted by molar-refractivity contribution is 0.0584. The van der Waals surface area contributed by atoms with Crippen LogP contribution in [-0.4, -0.2) is 40.6 Å². The number of fused-ring (bicyclic) bond motifs is 1. The molecule has 0 N–H and O–H groups in total. The van der Waals surface area contributed by atoms with E-state index in [1.54, 1.807) is 22.6 Å². The zero-order valence-electron chi connectivity index (χ0n) is 19.7. The predicted octanol–water partition coefficient (Wildman–Crippen LogP) is 5.25. The largest absolute Gasteiger partial charge is 0.383 e. The minimum atomic E-state index is -0.409. The maximum Gasteiger partial charge on any atom is 0.266 e. The van der Waals surface area contributed by atoms with E-state index < -0.39 is 6.04 Å². The molecule has 2 aromatic carbocycles. The number of para-hydroxylation sites is 1. The fraction of sp³-hybridized carbons (Fsp3) is 0.296. The molecule has 2 aromatic heterocycles. The second-order valence-corrected chi connectivity index (χ2v) is 8.99. The highest BCUT2D eigenvalue weighted by atomic mass is 32.1. The number of hydrogen-bond donors (Lipinski definition) is 0. The Morgan fingerprint density at radius 1 is 1.09 bits per heavy atom. The Kier molecular flexibility index (Phi) is 7.55. The highest BCUT2D eigenvalue weighted by molar-refractivity contribution is 7.12. The molecule has 1 unspecified atom stereocenters. The van der Waals surface area contributed by atoms with Crippen molar-refractivity contribution in [3.63, 3.8) is 0 Å². The number of thiophene rings is 1. The highest BCUT2D eigenvalue weighted by Gasteiger charge is 2.30. The summed E-state index contributed by atoms with van der Waals surface area (Å²) in [7, 11) is 1.62. The number of hydrogen-bond acceptors (Lipinski definition) is 5. The van der Waals surface area contributed by atoms with Gasteiger partial charge in [0.25, 0.3) is 11.5 Å². The van der Waals surface area contributed by atoms with E-state index in [0.717, 1.165) is 12.1 Å². The summed E-state index contributed by atoms with van der Waals surface area (Å²) in [6.07, 6.45) is 1.51. The second-order valence-electron chi connectivity index (χ2n) is 8.04. The van der Waals surface area contributed by atoms with Gasteiger partial charge in [-0.3, -0.25) is 14.2 Å². The Morgan fingerprint density at radius 3 is 2.50 bits per heavy atom. The highest BCUT2D eigenvalue weighted by Crippen LogP contribution is 2.28. The Hall–Kier alpha value is -3.29. The van der Waals surface area contributed by atoms with Gasteiger partial charge < -0.3 is 9.64 Å². The van der Waals surface area contributed by atoms with E-state index in [4.69, 9.17) is 9.72 Å². The smallest absolute Gasteiger partial charge is 0.266 e. The van der Waals surface area contributed by atoms with Crippen LogP contribution in [0.5, 0.6) is 0 Å². The molecule has 4 rings (SSSR count). The molecule has 2 heterocycles. The summed E-state index contributed by atoms with van der Waals surface area (Å²) in [5.74, 6) is 0.464. The first-order valence-electron chi connectivity index (χ1n) is 11.5. The number of rotatable bonds is 9. The van der Waals surface area contributed by atoms with Crippen molar-refractivity contribution in [1.82, 2.24) is 14.5 Å². The van der Waals surface area contributed by atoms with Gasteiger partial charge in [0.05, 0.1) is 34.1 Å². The molecule has 7 heteroatoms. The van der Waals surface area contributed by atoms with Gasteiger partial charge in [0.2, 0.25) is 0 Å². The minimum Gasteiger partial charge on any atom is -0.383 e. The van der Waals surface area contributed by atoms with Crippen LogP contribution in [0.15, 0.2) is 70.8 Å². The van der Waals surface area contributed by atoms with Crippen molar-refractivity contribution in [3.05, 3.63) is 92.7 Å². The van der Waals surface area contributed by atoms with Crippen LogP contribution < -0.4 is 5.56 Å². The zero-order valence-corrected chi connectivity index (χ0v) is 20.5. The summed E-state index contributed by atoms with van der Waals surface area (Å²) in [6, 6.07) is 18.6. The predicted molar refractivity (Wildman–Crippen MR) is 137 cm³/mol. The molecular weight excluding hydrogens is 446 g/mol. The monoisotopic (exact) mass is 475 g/mol. The van der Waals surface area contributed by atoms with E-state index in [0.29, 0.717) is 41.2 Å². The number of nitrogens with zero attached hydrogens (tertiary/aromatic N) is 3. The molecule has 0 aliphatic heterocycles. The summed E-state index contributed by atoms with van der Waals surface area (Å²) in [5, 5.41) is 2.44. The van der Waals surface area contributed by atoms with Crippen LogP contribution in [0.4, 0.5) is 0 Å². The fourth-order valence-corrected chi connectivity index (χ4v) is 4.86. The van der Waals surface area contributed by atoms with Gasteiger partial charge in [-0.1, -0.05) is 44.2 Å². The fourth-order valence-electron chi connectivity index (χ4n) is 4.18. The van der Waals surface area contributed by atoms with Crippen molar-refractivity contribution in [2.24, 2.45) is 0 Å². The number of aryl methyl sites for hydroxylation is 1. The van der Waals surface area contributed by atoms with Gasteiger partial charge in [-0.05, 0) is 54.1 Å². The Balaban J connectivity index is 1.93. The number of aromatic nitrogens is 2. The third-order valence-corrected chi connectivity index (χ3v) is 6.85. The normalized spacial score (nSPS) is 12.1. The Morgan fingerprint density at radius 2 is 1.85 bits per heavy atom. The van der Waals surface area contributed by atoms with Crippen LogP contribution in [0, 0.1) is 0 Å². The molecule has 1 amide bonds. The summed E-state index contributed by atoms with van der Waals surface area (Å²) < 4.78 is 6.99. The first kappa shape index (κ1) is 23.9. The summed E-state index contributed by atoms with van der Waals surface area (Å²) in [4.78, 5) is 34.7. The van der Waals surface area contributed by atoms with E-state index >= 15 is 0 Å². The maximum absolute atomic E-state index is 13.8. The lowest BCUT2D eigenvalue weighted by Crippen LogP contribution is -2.40. The molecule has 0 fully saturated rings. The van der Waals surface area contributed by atoms with Gasteiger partial charge in [-0.15, -0.1) is 11.3 Å². The number of ether oxygens (including phenoxy) is 1. The number of carbonyl (C=O) groups is 1. The molecule has 1 atom stereocenters. The number of benzene rings is 2. The van der Waals surface area contributed by atoms with Gasteiger partial charge >= 0.3 is 0 Å². The Bertz CT molecular complexity index is 1310. The molecule has 0 bridgehead atoms. The summed E-state index contributed by atoms with van der Waals surface area (Å²) >= 11 is 1.41. The second kappa shape index (κ2) is 10.8. The molecule has 176 valence electrons. The van der Waals surface area contributed by atoms with Crippen LogP contribution in [0.25, 0.3) is 16.6 Å². The first-order chi connectivity index (χ1) is 16.6. The summed E-state index contributed by atoms with van der Waals surface area (Å²) in [6.45, 7) is 4.89. The quantitative estimate of drug-likeness (QED) is 0.332. The summed E-state index contributed by atoms with van der Waals surface area (Å²) in [5.41, 5.74) is 2.41.